The van der Waals surface area contributed by atoms with Crippen molar-refractivity contribution in [3.63, 3.8) is 0 Å². The second-order valence-electron chi connectivity index (χ2n) is 6.63. The summed E-state index contributed by atoms with van der Waals surface area (Å²) in [5.41, 5.74) is 0.728. The molecule has 2 saturated heterocycles. The molecule has 0 amide bonds. The fourth-order valence-corrected chi connectivity index (χ4v) is 3.39. The van der Waals surface area contributed by atoms with Crippen LogP contribution in [0.15, 0.2) is 24.3 Å². The second kappa shape index (κ2) is 8.60. The number of rotatable bonds is 7. The zero-order valence-electron chi connectivity index (χ0n) is 14.6. The van der Waals surface area contributed by atoms with E-state index < -0.39 is 0 Å². The summed E-state index contributed by atoms with van der Waals surface area (Å²) in [6.45, 7) is 8.75. The SMILES string of the molecule is CC(=O)c1ccc(OCCCN2CCN(C3CCCO3)CC2)cc1. The van der Waals surface area contributed by atoms with Crippen LogP contribution in [-0.4, -0.2) is 67.7 Å². The molecule has 3 rings (SSSR count). The molecule has 2 fully saturated rings. The quantitative estimate of drug-likeness (QED) is 0.567. The maximum atomic E-state index is 11.2. The molecule has 132 valence electrons. The molecule has 5 heteroatoms. The van der Waals surface area contributed by atoms with Crippen LogP contribution in [0.2, 0.25) is 0 Å². The second-order valence-corrected chi connectivity index (χ2v) is 6.63. The lowest BCUT2D eigenvalue weighted by atomic mass is 10.1. The summed E-state index contributed by atoms with van der Waals surface area (Å²) < 4.78 is 11.5. The predicted octanol–water partition coefficient (Wildman–Crippen LogP) is 2.41. The van der Waals surface area contributed by atoms with E-state index in [1.54, 1.807) is 6.92 Å². The monoisotopic (exact) mass is 332 g/mol. The Morgan fingerprint density at radius 1 is 1.21 bits per heavy atom. The van der Waals surface area contributed by atoms with Crippen LogP contribution in [0.3, 0.4) is 0 Å². The zero-order chi connectivity index (χ0) is 16.8. The van der Waals surface area contributed by atoms with Gasteiger partial charge in [-0.15, -0.1) is 0 Å². The van der Waals surface area contributed by atoms with Crippen molar-refractivity contribution in [3.8, 4) is 5.75 Å². The largest absolute Gasteiger partial charge is 0.494 e. The minimum atomic E-state index is 0.0868. The Balaban J connectivity index is 1.30. The first-order valence-electron chi connectivity index (χ1n) is 9.04. The molecule has 1 unspecified atom stereocenters. The molecule has 1 aromatic rings. The Hall–Kier alpha value is -1.43. The van der Waals surface area contributed by atoms with Crippen LogP contribution in [-0.2, 0) is 4.74 Å². The molecular formula is C19H28N2O3. The number of benzene rings is 1. The van der Waals surface area contributed by atoms with Crippen molar-refractivity contribution in [3.05, 3.63) is 29.8 Å². The van der Waals surface area contributed by atoms with Crippen LogP contribution in [0, 0.1) is 0 Å². The summed E-state index contributed by atoms with van der Waals surface area (Å²) in [5.74, 6) is 0.923. The third-order valence-corrected chi connectivity index (χ3v) is 4.87. The molecule has 2 aliphatic rings. The number of nitrogens with zero attached hydrogens (tertiary/aromatic N) is 2. The highest BCUT2D eigenvalue weighted by molar-refractivity contribution is 5.94. The molecule has 0 spiro atoms. The van der Waals surface area contributed by atoms with E-state index in [1.807, 2.05) is 24.3 Å². The van der Waals surface area contributed by atoms with E-state index in [1.165, 1.54) is 12.8 Å². The van der Waals surface area contributed by atoms with E-state index in [2.05, 4.69) is 9.80 Å². The third kappa shape index (κ3) is 4.79. The van der Waals surface area contributed by atoms with E-state index in [0.717, 1.165) is 57.1 Å². The molecule has 1 aromatic carbocycles. The van der Waals surface area contributed by atoms with Crippen LogP contribution in [0.4, 0.5) is 0 Å². The maximum Gasteiger partial charge on any atom is 0.159 e. The van der Waals surface area contributed by atoms with Crippen molar-refractivity contribution in [1.29, 1.82) is 0 Å². The van der Waals surface area contributed by atoms with Gasteiger partial charge in [-0.2, -0.15) is 0 Å². The molecule has 24 heavy (non-hydrogen) atoms. The van der Waals surface area contributed by atoms with E-state index in [9.17, 15) is 4.79 Å². The fourth-order valence-electron chi connectivity index (χ4n) is 3.39. The molecule has 5 nitrogen and oxygen atoms in total. The predicted molar refractivity (Wildman–Crippen MR) is 93.5 cm³/mol. The number of hydrogen-bond acceptors (Lipinski definition) is 5. The van der Waals surface area contributed by atoms with Gasteiger partial charge in [0.15, 0.2) is 5.78 Å². The number of carbonyl (C=O) groups is 1. The minimum Gasteiger partial charge on any atom is -0.494 e. The van der Waals surface area contributed by atoms with Crippen molar-refractivity contribution < 1.29 is 14.3 Å². The van der Waals surface area contributed by atoms with Crippen molar-refractivity contribution >= 4 is 5.78 Å². The lowest BCUT2D eigenvalue weighted by molar-refractivity contribution is -0.0423. The highest BCUT2D eigenvalue weighted by Gasteiger charge is 2.26. The smallest absolute Gasteiger partial charge is 0.159 e. The van der Waals surface area contributed by atoms with E-state index in [4.69, 9.17) is 9.47 Å². The summed E-state index contributed by atoms with van der Waals surface area (Å²) in [5, 5.41) is 0. The summed E-state index contributed by atoms with van der Waals surface area (Å²) in [4.78, 5) is 16.2. The summed E-state index contributed by atoms with van der Waals surface area (Å²) in [6, 6.07) is 7.39. The van der Waals surface area contributed by atoms with Crippen molar-refractivity contribution in [1.82, 2.24) is 9.80 Å². The Morgan fingerprint density at radius 2 is 1.96 bits per heavy atom. The molecule has 2 heterocycles. The van der Waals surface area contributed by atoms with Crippen LogP contribution >= 0.6 is 0 Å². The molecule has 0 saturated carbocycles. The van der Waals surface area contributed by atoms with Crippen LogP contribution in [0.5, 0.6) is 5.75 Å². The summed E-state index contributed by atoms with van der Waals surface area (Å²) in [6.07, 6.45) is 3.79. The molecule has 2 aliphatic heterocycles. The Morgan fingerprint density at radius 3 is 2.58 bits per heavy atom. The first kappa shape index (κ1) is 17.4. The van der Waals surface area contributed by atoms with Gasteiger partial charge in [-0.3, -0.25) is 9.69 Å². The van der Waals surface area contributed by atoms with Gasteiger partial charge in [0.25, 0.3) is 0 Å². The van der Waals surface area contributed by atoms with Gasteiger partial charge in [-0.05, 0) is 50.5 Å². The van der Waals surface area contributed by atoms with Gasteiger partial charge >= 0.3 is 0 Å². The van der Waals surface area contributed by atoms with Crippen LogP contribution in [0.25, 0.3) is 0 Å². The van der Waals surface area contributed by atoms with E-state index in [-0.39, 0.29) is 5.78 Å². The summed E-state index contributed by atoms with van der Waals surface area (Å²) in [7, 11) is 0. The highest BCUT2D eigenvalue weighted by atomic mass is 16.5. The molecule has 0 aromatic heterocycles. The van der Waals surface area contributed by atoms with Gasteiger partial charge in [0, 0.05) is 44.9 Å². The number of Topliss-reactive ketones (excluding diaryl/α,β-unsaturated/α-hetero) is 1. The normalized spacial score (nSPS) is 22.6. The van der Waals surface area contributed by atoms with Crippen LogP contribution < -0.4 is 4.74 Å². The Bertz CT molecular complexity index is 518. The van der Waals surface area contributed by atoms with Gasteiger partial charge in [-0.25, -0.2) is 0 Å². The maximum absolute atomic E-state index is 11.2. The topological polar surface area (TPSA) is 42.0 Å². The van der Waals surface area contributed by atoms with Gasteiger partial charge in [0.1, 0.15) is 12.0 Å². The van der Waals surface area contributed by atoms with Gasteiger partial charge in [0.05, 0.1) is 6.61 Å². The molecule has 0 aliphatic carbocycles. The minimum absolute atomic E-state index is 0.0868. The lowest BCUT2D eigenvalue weighted by Crippen LogP contribution is -2.50. The average Bonchev–Trinajstić information content (AvgIpc) is 3.14. The van der Waals surface area contributed by atoms with Crippen molar-refractivity contribution in [2.75, 3.05) is 45.9 Å². The Kier molecular flexibility index (Phi) is 6.24. The number of ketones is 1. The van der Waals surface area contributed by atoms with Crippen molar-refractivity contribution in [2.45, 2.75) is 32.4 Å². The molecule has 0 radical (unpaired) electrons. The number of carbonyl (C=O) groups excluding carboxylic acids is 1. The molecule has 0 bridgehead atoms. The number of hydrogen-bond donors (Lipinski definition) is 0. The first-order valence-corrected chi connectivity index (χ1v) is 9.04. The fraction of sp³-hybridized carbons (Fsp3) is 0.632. The first-order chi connectivity index (χ1) is 11.7. The molecular weight excluding hydrogens is 304 g/mol. The molecule has 0 N–H and O–H groups in total. The van der Waals surface area contributed by atoms with Crippen molar-refractivity contribution in [2.24, 2.45) is 0 Å². The third-order valence-electron chi connectivity index (χ3n) is 4.87. The van der Waals surface area contributed by atoms with Gasteiger partial charge < -0.3 is 14.4 Å². The lowest BCUT2D eigenvalue weighted by Gasteiger charge is -2.37. The van der Waals surface area contributed by atoms with Crippen LogP contribution in [0.1, 0.15) is 36.5 Å². The van der Waals surface area contributed by atoms with Gasteiger partial charge in [-0.1, -0.05) is 0 Å². The standard InChI is InChI=1S/C19H28N2O3/c1-16(22)17-5-7-18(8-6-17)23-15-3-9-20-10-12-21(13-11-20)19-4-2-14-24-19/h5-8,19H,2-4,9-15H2,1H3. The zero-order valence-corrected chi connectivity index (χ0v) is 14.6. The number of piperazine rings is 1. The molecule has 1 atom stereocenters. The van der Waals surface area contributed by atoms with Gasteiger partial charge in [0.2, 0.25) is 0 Å². The Labute approximate surface area is 144 Å². The number of ether oxygens (including phenoxy) is 2. The average molecular weight is 332 g/mol. The highest BCUT2D eigenvalue weighted by Crippen LogP contribution is 2.18. The van der Waals surface area contributed by atoms with E-state index >= 15 is 0 Å². The summed E-state index contributed by atoms with van der Waals surface area (Å²) >= 11 is 0. The van der Waals surface area contributed by atoms with E-state index in [0.29, 0.717) is 12.8 Å².